The van der Waals surface area contributed by atoms with E-state index in [0.717, 1.165) is 44.2 Å². The number of thiazole rings is 1. The number of carbonyl (C=O) groups is 1. The van der Waals surface area contributed by atoms with Crippen molar-refractivity contribution in [1.82, 2.24) is 9.88 Å². The van der Waals surface area contributed by atoms with Crippen LogP contribution in [0.3, 0.4) is 0 Å². The largest absolute Gasteiger partial charge is 0.330 e. The molecule has 21 heavy (non-hydrogen) atoms. The van der Waals surface area contributed by atoms with E-state index in [1.165, 1.54) is 31.1 Å². The molecule has 1 amide bonds. The minimum absolute atomic E-state index is 0. The van der Waals surface area contributed by atoms with Gasteiger partial charge >= 0.3 is 0 Å². The Morgan fingerprint density at radius 3 is 3.00 bits per heavy atom. The third-order valence-electron chi connectivity index (χ3n) is 3.40. The van der Waals surface area contributed by atoms with Crippen LogP contribution in [0.1, 0.15) is 31.9 Å². The summed E-state index contributed by atoms with van der Waals surface area (Å²) in [7, 11) is 0. The van der Waals surface area contributed by atoms with Crippen LogP contribution in [0.4, 0.5) is 5.13 Å². The van der Waals surface area contributed by atoms with Crippen LogP contribution in [0.2, 0.25) is 0 Å². The molecule has 0 aromatic carbocycles. The van der Waals surface area contributed by atoms with Gasteiger partial charge in [-0.3, -0.25) is 9.69 Å². The molecule has 0 saturated carbocycles. The van der Waals surface area contributed by atoms with Crippen LogP contribution in [0.15, 0.2) is 5.38 Å². The molecule has 0 spiro atoms. The summed E-state index contributed by atoms with van der Waals surface area (Å²) in [5, 5.41) is 5.44. The summed E-state index contributed by atoms with van der Waals surface area (Å²) in [6.07, 6.45) is 3.65. The number of carbonyl (C=O) groups excluding carboxylic acids is 1. The number of rotatable bonds is 5. The summed E-state index contributed by atoms with van der Waals surface area (Å²) >= 11 is 1.49. The molecule has 1 atom stereocenters. The van der Waals surface area contributed by atoms with Crippen LogP contribution in [0.5, 0.6) is 0 Å². The fourth-order valence-corrected chi connectivity index (χ4v) is 3.33. The molecule has 1 aromatic heterocycles. The molecular weight excluding hydrogens is 331 g/mol. The van der Waals surface area contributed by atoms with Gasteiger partial charge in [0.25, 0.3) is 0 Å². The second-order valence-corrected chi connectivity index (χ2v) is 6.00. The van der Waals surface area contributed by atoms with Crippen LogP contribution in [-0.2, 0) is 11.3 Å². The maximum Gasteiger partial charge on any atom is 0.223 e. The highest BCUT2D eigenvalue weighted by molar-refractivity contribution is 7.13. The van der Waals surface area contributed by atoms with Crippen molar-refractivity contribution < 1.29 is 4.79 Å². The van der Waals surface area contributed by atoms with Crippen LogP contribution >= 0.6 is 36.2 Å². The van der Waals surface area contributed by atoms with E-state index in [0.29, 0.717) is 5.13 Å². The van der Waals surface area contributed by atoms with E-state index in [2.05, 4.69) is 15.2 Å². The molecule has 1 unspecified atom stereocenters. The lowest BCUT2D eigenvalue weighted by atomic mass is 9.95. The van der Waals surface area contributed by atoms with E-state index in [4.69, 9.17) is 5.73 Å². The molecule has 0 bridgehead atoms. The van der Waals surface area contributed by atoms with Gasteiger partial charge in [0.2, 0.25) is 5.91 Å². The van der Waals surface area contributed by atoms with Crippen molar-refractivity contribution in [2.24, 2.45) is 11.7 Å². The Kier molecular flexibility index (Phi) is 10.1. The number of nitrogens with one attached hydrogen (secondary N) is 1. The number of hydrogen-bond donors (Lipinski definition) is 2. The van der Waals surface area contributed by atoms with E-state index in [-0.39, 0.29) is 30.7 Å². The van der Waals surface area contributed by atoms with E-state index in [9.17, 15) is 4.79 Å². The van der Waals surface area contributed by atoms with Gasteiger partial charge in [-0.2, -0.15) is 0 Å². The lowest BCUT2D eigenvalue weighted by Crippen LogP contribution is -2.35. The number of halogens is 2. The predicted molar refractivity (Wildman–Crippen MR) is 92.6 cm³/mol. The first-order chi connectivity index (χ1) is 9.17. The summed E-state index contributed by atoms with van der Waals surface area (Å²) in [6.45, 7) is 5.40. The monoisotopic (exact) mass is 354 g/mol. The quantitative estimate of drug-likeness (QED) is 0.851. The maximum atomic E-state index is 11.0. The number of piperidine rings is 1. The summed E-state index contributed by atoms with van der Waals surface area (Å²) in [5.41, 5.74) is 6.68. The summed E-state index contributed by atoms with van der Waals surface area (Å²) in [5.74, 6) is 0.661. The third-order valence-corrected chi connectivity index (χ3v) is 4.20. The topological polar surface area (TPSA) is 71.2 Å². The lowest BCUT2D eigenvalue weighted by Gasteiger charge is -2.32. The summed E-state index contributed by atoms with van der Waals surface area (Å²) < 4.78 is 0. The van der Waals surface area contributed by atoms with E-state index in [1.54, 1.807) is 0 Å². The highest BCUT2D eigenvalue weighted by Gasteiger charge is 2.20. The van der Waals surface area contributed by atoms with Crippen LogP contribution < -0.4 is 11.1 Å². The normalized spacial score (nSPS) is 18.5. The average molecular weight is 355 g/mol. The second-order valence-electron chi connectivity index (χ2n) is 5.15. The number of hydrogen-bond acceptors (Lipinski definition) is 5. The van der Waals surface area contributed by atoms with Crippen molar-refractivity contribution in [2.75, 3.05) is 25.0 Å². The van der Waals surface area contributed by atoms with E-state index in [1.807, 2.05) is 5.38 Å². The minimum Gasteiger partial charge on any atom is -0.330 e. The van der Waals surface area contributed by atoms with Crippen LogP contribution in [-0.4, -0.2) is 35.4 Å². The Balaban J connectivity index is 0.00000200. The van der Waals surface area contributed by atoms with Crippen molar-refractivity contribution in [1.29, 1.82) is 0 Å². The molecule has 1 aromatic rings. The zero-order chi connectivity index (χ0) is 13.7. The second kappa shape index (κ2) is 10.3. The number of likely N-dealkylation sites (tertiary alicyclic amines) is 1. The molecule has 1 fully saturated rings. The zero-order valence-electron chi connectivity index (χ0n) is 12.2. The van der Waals surface area contributed by atoms with Gasteiger partial charge in [0.1, 0.15) is 0 Å². The SMILES string of the molecule is CC(=O)Nc1nc(CN2CCCC(CCN)C2)cs1.Cl.Cl. The number of amides is 1. The van der Waals surface area contributed by atoms with Gasteiger partial charge in [-0.15, -0.1) is 36.2 Å². The van der Waals surface area contributed by atoms with Crippen molar-refractivity contribution in [3.05, 3.63) is 11.1 Å². The minimum atomic E-state index is -0.0677. The van der Waals surface area contributed by atoms with E-state index < -0.39 is 0 Å². The third kappa shape index (κ3) is 6.93. The number of nitrogens with zero attached hydrogens (tertiary/aromatic N) is 2. The average Bonchev–Trinajstić information content (AvgIpc) is 2.76. The molecule has 1 aliphatic rings. The fourth-order valence-electron chi connectivity index (χ4n) is 2.58. The predicted octanol–water partition coefficient (Wildman–Crippen LogP) is 2.51. The molecule has 1 aliphatic heterocycles. The van der Waals surface area contributed by atoms with Crippen LogP contribution in [0.25, 0.3) is 0 Å². The number of aromatic nitrogens is 1. The van der Waals surface area contributed by atoms with Gasteiger partial charge < -0.3 is 11.1 Å². The van der Waals surface area contributed by atoms with Crippen molar-refractivity contribution >= 4 is 47.2 Å². The smallest absolute Gasteiger partial charge is 0.223 e. The van der Waals surface area contributed by atoms with Gasteiger partial charge in [0.05, 0.1) is 5.69 Å². The first-order valence-corrected chi connectivity index (χ1v) is 7.69. The Hall–Kier alpha value is -0.400. The Morgan fingerprint density at radius 1 is 1.57 bits per heavy atom. The lowest BCUT2D eigenvalue weighted by molar-refractivity contribution is -0.114. The number of anilines is 1. The Morgan fingerprint density at radius 2 is 2.33 bits per heavy atom. The summed E-state index contributed by atoms with van der Waals surface area (Å²) in [4.78, 5) is 17.8. The Labute approximate surface area is 142 Å². The van der Waals surface area contributed by atoms with Gasteiger partial charge in [0.15, 0.2) is 5.13 Å². The molecule has 8 heteroatoms. The van der Waals surface area contributed by atoms with Crippen molar-refractivity contribution in [3.8, 4) is 0 Å². The molecule has 122 valence electrons. The Bertz CT molecular complexity index is 428. The van der Waals surface area contributed by atoms with Gasteiger partial charge in [-0.1, -0.05) is 0 Å². The first-order valence-electron chi connectivity index (χ1n) is 6.82. The van der Waals surface area contributed by atoms with Crippen LogP contribution in [0, 0.1) is 5.92 Å². The highest BCUT2D eigenvalue weighted by atomic mass is 35.5. The molecule has 0 radical (unpaired) electrons. The first kappa shape index (κ1) is 20.6. The molecule has 2 heterocycles. The van der Waals surface area contributed by atoms with Crippen molar-refractivity contribution in [3.63, 3.8) is 0 Å². The number of nitrogens with two attached hydrogens (primary N) is 1. The molecule has 0 aliphatic carbocycles. The fraction of sp³-hybridized carbons (Fsp3) is 0.692. The zero-order valence-corrected chi connectivity index (χ0v) is 14.7. The molecule has 3 N–H and O–H groups in total. The van der Waals surface area contributed by atoms with Crippen molar-refractivity contribution in [2.45, 2.75) is 32.7 Å². The molecule has 5 nitrogen and oxygen atoms in total. The van der Waals surface area contributed by atoms with Gasteiger partial charge in [-0.05, 0) is 38.3 Å². The standard InChI is InChI=1S/C13H22N4OS.2ClH/c1-10(18)15-13-16-12(9-19-13)8-17-6-2-3-11(7-17)4-5-14;;/h9,11H,2-8,14H2,1H3,(H,15,16,18);2*1H. The molecule has 1 saturated heterocycles. The maximum absolute atomic E-state index is 11.0. The molecule has 2 rings (SSSR count). The highest BCUT2D eigenvalue weighted by Crippen LogP contribution is 2.22. The van der Waals surface area contributed by atoms with Gasteiger partial charge in [0, 0.05) is 25.4 Å². The van der Waals surface area contributed by atoms with E-state index >= 15 is 0 Å². The molecular formula is C13H24Cl2N4OS. The summed E-state index contributed by atoms with van der Waals surface area (Å²) in [6, 6.07) is 0. The van der Waals surface area contributed by atoms with Gasteiger partial charge in [-0.25, -0.2) is 4.98 Å².